The molecule has 0 saturated carbocycles. The molecule has 0 saturated heterocycles. The van der Waals surface area contributed by atoms with Crippen molar-refractivity contribution in [3.05, 3.63) is 96.1 Å². The molecule has 1 N–H and O–H groups in total. The highest BCUT2D eigenvalue weighted by molar-refractivity contribution is 7.55. The Kier molecular flexibility index (Phi) is 8.74. The van der Waals surface area contributed by atoms with E-state index in [1.165, 1.54) is 13.2 Å². The van der Waals surface area contributed by atoms with Gasteiger partial charge in [-0.1, -0.05) is 66.7 Å². The number of benzene rings is 4. The van der Waals surface area contributed by atoms with Gasteiger partial charge in [-0.15, -0.1) is 0 Å². The van der Waals surface area contributed by atoms with Crippen molar-refractivity contribution in [2.45, 2.75) is 19.5 Å². The molecule has 0 radical (unpaired) electrons. The Morgan fingerprint density at radius 1 is 0.868 bits per heavy atom. The van der Waals surface area contributed by atoms with Gasteiger partial charge in [0.1, 0.15) is 0 Å². The molecule has 0 heterocycles. The number of nitrogens with one attached hydrogen (secondary N) is 1. The average Bonchev–Trinajstić information content (AvgIpc) is 2.92. The van der Waals surface area contributed by atoms with E-state index < -0.39 is 25.1 Å². The smallest absolute Gasteiger partial charge is 0.347 e. The Labute approximate surface area is 221 Å². The zero-order chi connectivity index (χ0) is 27.1. The van der Waals surface area contributed by atoms with E-state index in [4.69, 9.17) is 13.8 Å². The van der Waals surface area contributed by atoms with E-state index in [0.29, 0.717) is 16.8 Å². The fourth-order valence-corrected chi connectivity index (χ4v) is 6.43. The van der Waals surface area contributed by atoms with E-state index in [2.05, 4.69) is 5.32 Å². The normalized spacial score (nSPS) is 12.6. The van der Waals surface area contributed by atoms with Crippen LogP contribution in [0.1, 0.15) is 30.6 Å². The van der Waals surface area contributed by atoms with Crippen molar-refractivity contribution in [3.8, 4) is 0 Å². The Morgan fingerprint density at radius 3 is 2.13 bits per heavy atom. The zero-order valence-corrected chi connectivity index (χ0v) is 22.4. The first-order chi connectivity index (χ1) is 18.4. The molecule has 0 spiro atoms. The number of hydrogen-bond donors (Lipinski definition) is 1. The van der Waals surface area contributed by atoms with Crippen LogP contribution >= 0.6 is 7.60 Å². The van der Waals surface area contributed by atoms with Crippen molar-refractivity contribution < 1.29 is 27.9 Å². The molecule has 1 atom stereocenters. The van der Waals surface area contributed by atoms with Crippen LogP contribution in [-0.4, -0.2) is 32.2 Å². The number of carbonyl (C=O) groups excluding carboxylic acids is 2. The molecule has 196 valence electrons. The van der Waals surface area contributed by atoms with E-state index in [1.54, 1.807) is 26.0 Å². The van der Waals surface area contributed by atoms with Crippen LogP contribution in [-0.2, 0) is 27.9 Å². The third-order valence-corrected chi connectivity index (χ3v) is 8.46. The van der Waals surface area contributed by atoms with Gasteiger partial charge in [0.15, 0.2) is 5.66 Å². The Morgan fingerprint density at radius 2 is 1.47 bits per heavy atom. The molecule has 8 heteroatoms. The number of methoxy groups -OCH3 is 1. The number of anilines is 1. The Balaban J connectivity index is 1.86. The van der Waals surface area contributed by atoms with Crippen LogP contribution in [0.25, 0.3) is 27.6 Å². The fourth-order valence-electron chi connectivity index (χ4n) is 4.42. The number of rotatable bonds is 10. The second-order valence-electron chi connectivity index (χ2n) is 8.48. The maximum absolute atomic E-state index is 14.2. The molecule has 0 bridgehead atoms. The molecule has 4 rings (SSSR count). The first-order valence-electron chi connectivity index (χ1n) is 12.4. The van der Waals surface area contributed by atoms with Crippen molar-refractivity contribution in [1.29, 1.82) is 0 Å². The summed E-state index contributed by atoms with van der Waals surface area (Å²) in [6.07, 6.45) is 2.86. The number of hydrogen-bond acceptors (Lipinski definition) is 6. The molecule has 4 aromatic rings. The molecule has 0 fully saturated rings. The third kappa shape index (κ3) is 5.86. The van der Waals surface area contributed by atoms with Gasteiger partial charge < -0.3 is 19.1 Å². The summed E-state index contributed by atoms with van der Waals surface area (Å²) in [6, 6.07) is 24.5. The number of esters is 1. The first kappa shape index (κ1) is 27.3. The van der Waals surface area contributed by atoms with Crippen LogP contribution in [0.3, 0.4) is 0 Å². The minimum atomic E-state index is -3.95. The molecule has 38 heavy (non-hydrogen) atoms. The van der Waals surface area contributed by atoms with Gasteiger partial charge >= 0.3 is 13.6 Å². The van der Waals surface area contributed by atoms with Gasteiger partial charge in [0.2, 0.25) is 5.91 Å². The molecule has 0 aliphatic heterocycles. The van der Waals surface area contributed by atoms with Crippen LogP contribution in [0.4, 0.5) is 5.69 Å². The second kappa shape index (κ2) is 12.2. The van der Waals surface area contributed by atoms with Crippen LogP contribution in [0, 0.1) is 0 Å². The molecule has 4 aromatic carbocycles. The average molecular weight is 532 g/mol. The minimum Gasteiger partial charge on any atom is -0.466 e. The summed E-state index contributed by atoms with van der Waals surface area (Å²) in [5, 5.41) is 6.44. The Bertz CT molecular complexity index is 1530. The summed E-state index contributed by atoms with van der Waals surface area (Å²) in [6.45, 7) is 3.63. The monoisotopic (exact) mass is 531 g/mol. The number of amides is 1. The highest BCUT2D eigenvalue weighted by Gasteiger charge is 2.43. The largest absolute Gasteiger partial charge is 0.466 e. The van der Waals surface area contributed by atoms with Crippen LogP contribution in [0.5, 0.6) is 0 Å². The summed E-state index contributed by atoms with van der Waals surface area (Å²) in [7, 11) is -2.66. The zero-order valence-electron chi connectivity index (χ0n) is 21.5. The van der Waals surface area contributed by atoms with Gasteiger partial charge in [-0.3, -0.25) is 9.36 Å². The molecule has 1 unspecified atom stereocenters. The van der Waals surface area contributed by atoms with Crippen LogP contribution in [0.2, 0.25) is 0 Å². The van der Waals surface area contributed by atoms with Gasteiger partial charge in [-0.2, -0.15) is 0 Å². The summed E-state index contributed by atoms with van der Waals surface area (Å²) in [5.74, 6) is -1.07. The molecular weight excluding hydrogens is 501 g/mol. The third-order valence-electron chi connectivity index (χ3n) is 6.08. The fraction of sp³-hybridized carbons (Fsp3) is 0.200. The lowest BCUT2D eigenvalue weighted by Gasteiger charge is -2.27. The van der Waals surface area contributed by atoms with E-state index >= 15 is 0 Å². The van der Waals surface area contributed by atoms with Gasteiger partial charge in [-0.25, -0.2) is 4.79 Å². The lowest BCUT2D eigenvalue weighted by molar-refractivity contribution is -0.134. The maximum Gasteiger partial charge on any atom is 0.347 e. The van der Waals surface area contributed by atoms with Crippen molar-refractivity contribution in [2.24, 2.45) is 0 Å². The standard InChI is InChI=1S/C30H30NO6P/c1-4-36-38(34,37-5-2)29(26-16-10-14-21-11-8-9-15-25(21)26)30(33)31-27-20-23-13-7-6-12-22(23)19-24(27)17-18-28(32)35-3/h6-20,29H,4-5H2,1-3H3,(H,31,33). The van der Waals surface area contributed by atoms with Gasteiger partial charge in [0, 0.05) is 11.8 Å². The Hall–Kier alpha value is -3.77. The lowest BCUT2D eigenvalue weighted by Crippen LogP contribution is -2.24. The second-order valence-corrected chi connectivity index (χ2v) is 10.6. The van der Waals surface area contributed by atoms with Gasteiger partial charge in [0.05, 0.1) is 20.3 Å². The van der Waals surface area contributed by atoms with Gasteiger partial charge in [-0.05, 0) is 64.7 Å². The molecular formula is C30H30NO6P. The maximum atomic E-state index is 14.2. The number of ether oxygens (including phenoxy) is 1. The van der Waals surface area contributed by atoms with E-state index in [9.17, 15) is 14.2 Å². The lowest BCUT2D eigenvalue weighted by atomic mass is 10.0. The van der Waals surface area contributed by atoms with Crippen molar-refractivity contribution in [1.82, 2.24) is 0 Å². The predicted octanol–water partition coefficient (Wildman–Crippen LogP) is 7.13. The molecule has 0 aliphatic rings. The van der Waals surface area contributed by atoms with Crippen molar-refractivity contribution in [2.75, 3.05) is 25.6 Å². The van der Waals surface area contributed by atoms with Crippen LogP contribution in [0.15, 0.2) is 84.9 Å². The van der Waals surface area contributed by atoms with Crippen LogP contribution < -0.4 is 5.32 Å². The predicted molar refractivity (Wildman–Crippen MR) is 151 cm³/mol. The quantitative estimate of drug-likeness (QED) is 0.133. The summed E-state index contributed by atoms with van der Waals surface area (Å²) in [5.41, 5.74) is 0.330. The van der Waals surface area contributed by atoms with Crippen molar-refractivity contribution in [3.63, 3.8) is 0 Å². The molecule has 1 amide bonds. The van der Waals surface area contributed by atoms with Gasteiger partial charge in [0.25, 0.3) is 0 Å². The summed E-state index contributed by atoms with van der Waals surface area (Å²) < 4.78 is 30.3. The summed E-state index contributed by atoms with van der Waals surface area (Å²) >= 11 is 0. The van der Waals surface area contributed by atoms with Crippen molar-refractivity contribution >= 4 is 52.8 Å². The molecule has 7 nitrogen and oxygen atoms in total. The van der Waals surface area contributed by atoms with E-state index in [-0.39, 0.29) is 13.2 Å². The highest BCUT2D eigenvalue weighted by Crippen LogP contribution is 2.62. The summed E-state index contributed by atoms with van der Waals surface area (Å²) in [4.78, 5) is 25.9. The SMILES string of the molecule is CCOP(=O)(OCC)C(C(=O)Nc1cc2ccccc2cc1C=CC(=O)OC)c1cccc2ccccc12. The highest BCUT2D eigenvalue weighted by atomic mass is 31.2. The number of carbonyl (C=O) groups is 2. The molecule has 0 aromatic heterocycles. The first-order valence-corrected chi connectivity index (χ1v) is 14.0. The van der Waals surface area contributed by atoms with E-state index in [0.717, 1.165) is 21.5 Å². The number of fused-ring (bicyclic) bond motifs is 2. The minimum absolute atomic E-state index is 0.106. The molecule has 0 aliphatic carbocycles. The van der Waals surface area contributed by atoms with E-state index in [1.807, 2.05) is 72.8 Å². The topological polar surface area (TPSA) is 90.9 Å².